The summed E-state index contributed by atoms with van der Waals surface area (Å²) in [6, 6.07) is 8.97. The van der Waals surface area contributed by atoms with Gasteiger partial charge in [0.05, 0.1) is 16.8 Å². The third-order valence-electron chi connectivity index (χ3n) is 3.33. The fourth-order valence-corrected chi connectivity index (χ4v) is 3.66. The number of halogens is 1. The number of sulfonamides is 1. The predicted octanol–water partition coefficient (Wildman–Crippen LogP) is 2.90. The van der Waals surface area contributed by atoms with Gasteiger partial charge in [-0.25, -0.2) is 13.1 Å². The van der Waals surface area contributed by atoms with E-state index >= 15 is 0 Å². The molecule has 1 fully saturated rings. The normalized spacial score (nSPS) is 14.8. The van der Waals surface area contributed by atoms with Crippen molar-refractivity contribution < 1.29 is 8.42 Å². The summed E-state index contributed by atoms with van der Waals surface area (Å²) >= 11 is 3.37. The second kappa shape index (κ2) is 6.36. The molecule has 0 radical (unpaired) electrons. The first-order chi connectivity index (χ1) is 10.5. The fraction of sp³-hybridized carbons (Fsp3) is 0.267. The molecule has 1 aliphatic carbocycles. The van der Waals surface area contributed by atoms with Crippen molar-refractivity contribution in [3.05, 3.63) is 52.8 Å². The molecule has 5 nitrogen and oxygen atoms in total. The molecule has 1 saturated carbocycles. The molecule has 0 spiro atoms. The number of pyridine rings is 1. The standard InChI is InChI=1S/C15H16BrN3O2S/c16-12-7-14(10-17-9-12)18-8-11-1-5-15(6-2-11)22(20,21)19-13-3-4-13/h1-2,5-7,9-10,13,18-19H,3-4,8H2. The van der Waals surface area contributed by atoms with Gasteiger partial charge in [-0.05, 0) is 52.5 Å². The summed E-state index contributed by atoms with van der Waals surface area (Å²) in [5, 5.41) is 3.24. The summed E-state index contributed by atoms with van der Waals surface area (Å²) in [5.74, 6) is 0. The van der Waals surface area contributed by atoms with Crippen LogP contribution >= 0.6 is 15.9 Å². The lowest BCUT2D eigenvalue weighted by molar-refractivity contribution is 0.581. The average molecular weight is 382 g/mol. The van der Waals surface area contributed by atoms with Gasteiger partial charge in [0, 0.05) is 23.3 Å². The van der Waals surface area contributed by atoms with Crippen LogP contribution in [0, 0.1) is 0 Å². The van der Waals surface area contributed by atoms with Gasteiger partial charge in [0.25, 0.3) is 0 Å². The van der Waals surface area contributed by atoms with E-state index in [2.05, 4.69) is 31.0 Å². The Balaban J connectivity index is 1.64. The number of rotatable bonds is 6. The Hall–Kier alpha value is -1.44. The van der Waals surface area contributed by atoms with Crippen LogP contribution in [0.5, 0.6) is 0 Å². The zero-order chi connectivity index (χ0) is 15.6. The lowest BCUT2D eigenvalue weighted by atomic mass is 10.2. The van der Waals surface area contributed by atoms with Gasteiger partial charge in [-0.15, -0.1) is 0 Å². The number of benzene rings is 1. The number of nitrogens with one attached hydrogen (secondary N) is 2. The topological polar surface area (TPSA) is 71.1 Å². The van der Waals surface area contributed by atoms with E-state index in [-0.39, 0.29) is 6.04 Å². The SMILES string of the molecule is O=S(=O)(NC1CC1)c1ccc(CNc2cncc(Br)c2)cc1. The van der Waals surface area contributed by atoms with Crippen molar-refractivity contribution in [2.45, 2.75) is 30.3 Å². The van der Waals surface area contributed by atoms with Gasteiger partial charge in [0.1, 0.15) is 0 Å². The van der Waals surface area contributed by atoms with Gasteiger partial charge >= 0.3 is 0 Å². The van der Waals surface area contributed by atoms with Crippen molar-refractivity contribution in [3.8, 4) is 0 Å². The summed E-state index contributed by atoms with van der Waals surface area (Å²) in [4.78, 5) is 4.39. The monoisotopic (exact) mass is 381 g/mol. The van der Waals surface area contributed by atoms with Crippen LogP contribution < -0.4 is 10.0 Å². The van der Waals surface area contributed by atoms with E-state index < -0.39 is 10.0 Å². The quantitative estimate of drug-likeness (QED) is 0.806. The molecule has 2 aromatic rings. The summed E-state index contributed by atoms with van der Waals surface area (Å²) in [7, 11) is -3.37. The minimum atomic E-state index is -3.37. The van der Waals surface area contributed by atoms with E-state index in [1.54, 1.807) is 24.5 Å². The molecule has 0 amide bonds. The molecule has 3 rings (SSSR count). The number of hydrogen-bond acceptors (Lipinski definition) is 4. The maximum atomic E-state index is 12.1. The molecule has 22 heavy (non-hydrogen) atoms. The van der Waals surface area contributed by atoms with E-state index in [9.17, 15) is 8.42 Å². The maximum Gasteiger partial charge on any atom is 0.240 e. The smallest absolute Gasteiger partial charge is 0.240 e. The zero-order valence-corrected chi connectivity index (χ0v) is 14.2. The van der Waals surface area contributed by atoms with Crippen LogP contribution in [0.3, 0.4) is 0 Å². The Morgan fingerprint density at radius 3 is 2.55 bits per heavy atom. The molecule has 7 heteroatoms. The van der Waals surface area contributed by atoms with E-state index in [0.717, 1.165) is 28.6 Å². The largest absolute Gasteiger partial charge is 0.380 e. The van der Waals surface area contributed by atoms with Gasteiger partial charge < -0.3 is 5.32 Å². The van der Waals surface area contributed by atoms with Crippen LogP contribution in [-0.2, 0) is 16.6 Å². The van der Waals surface area contributed by atoms with Crippen molar-refractivity contribution in [1.82, 2.24) is 9.71 Å². The number of anilines is 1. The van der Waals surface area contributed by atoms with Crippen LogP contribution in [0.25, 0.3) is 0 Å². The summed E-state index contributed by atoms with van der Waals surface area (Å²) in [5.41, 5.74) is 1.91. The summed E-state index contributed by atoms with van der Waals surface area (Å²) in [6.45, 7) is 0.606. The second-order valence-electron chi connectivity index (χ2n) is 5.28. The van der Waals surface area contributed by atoms with Crippen molar-refractivity contribution in [1.29, 1.82) is 0 Å². The molecule has 0 aliphatic heterocycles. The van der Waals surface area contributed by atoms with E-state index in [4.69, 9.17) is 0 Å². The first-order valence-corrected chi connectivity index (χ1v) is 9.26. The summed E-state index contributed by atoms with van der Waals surface area (Å²) < 4.78 is 27.7. The fourth-order valence-electron chi connectivity index (χ4n) is 1.99. The molecule has 0 saturated heterocycles. The Labute approximate surface area is 138 Å². The first-order valence-electron chi connectivity index (χ1n) is 6.99. The molecular formula is C15H16BrN3O2S. The molecule has 1 aromatic carbocycles. The lowest BCUT2D eigenvalue weighted by Crippen LogP contribution is -2.25. The van der Waals surface area contributed by atoms with Crippen molar-refractivity contribution in [3.63, 3.8) is 0 Å². The number of hydrogen-bond donors (Lipinski definition) is 2. The zero-order valence-electron chi connectivity index (χ0n) is 11.8. The minimum absolute atomic E-state index is 0.121. The third-order valence-corrected chi connectivity index (χ3v) is 5.30. The van der Waals surface area contributed by atoms with Crippen LogP contribution in [0.2, 0.25) is 0 Å². The summed E-state index contributed by atoms with van der Waals surface area (Å²) in [6.07, 6.45) is 5.32. The molecule has 0 unspecified atom stereocenters. The highest BCUT2D eigenvalue weighted by Gasteiger charge is 2.27. The highest BCUT2D eigenvalue weighted by molar-refractivity contribution is 9.10. The van der Waals surface area contributed by atoms with E-state index in [0.29, 0.717) is 11.4 Å². The van der Waals surface area contributed by atoms with Gasteiger partial charge in [-0.3, -0.25) is 4.98 Å². The van der Waals surface area contributed by atoms with Gasteiger partial charge in [-0.2, -0.15) is 0 Å². The Bertz CT molecular complexity index is 759. The molecule has 1 heterocycles. The predicted molar refractivity (Wildman–Crippen MR) is 89.0 cm³/mol. The lowest BCUT2D eigenvalue weighted by Gasteiger charge is -2.08. The van der Waals surface area contributed by atoms with Crippen molar-refractivity contribution in [2.75, 3.05) is 5.32 Å². The Morgan fingerprint density at radius 2 is 1.91 bits per heavy atom. The van der Waals surface area contributed by atoms with Gasteiger partial charge in [0.15, 0.2) is 0 Å². The van der Waals surface area contributed by atoms with E-state index in [1.165, 1.54) is 0 Å². The number of aromatic nitrogens is 1. The highest BCUT2D eigenvalue weighted by Crippen LogP contribution is 2.22. The molecule has 2 N–H and O–H groups in total. The van der Waals surface area contributed by atoms with Crippen LogP contribution in [0.15, 0.2) is 52.1 Å². The molecule has 0 atom stereocenters. The second-order valence-corrected chi connectivity index (χ2v) is 7.91. The number of nitrogens with zero attached hydrogens (tertiary/aromatic N) is 1. The van der Waals surface area contributed by atoms with E-state index in [1.807, 2.05) is 18.2 Å². The molecular weight excluding hydrogens is 366 g/mol. The van der Waals surface area contributed by atoms with Gasteiger partial charge in [0.2, 0.25) is 10.0 Å². The average Bonchev–Trinajstić information content (AvgIpc) is 3.29. The Kier molecular flexibility index (Phi) is 4.46. The van der Waals surface area contributed by atoms with Crippen molar-refractivity contribution in [2.24, 2.45) is 0 Å². The minimum Gasteiger partial charge on any atom is -0.380 e. The highest BCUT2D eigenvalue weighted by atomic mass is 79.9. The Morgan fingerprint density at radius 1 is 1.18 bits per heavy atom. The first kappa shape index (κ1) is 15.5. The molecule has 116 valence electrons. The van der Waals surface area contributed by atoms with Crippen LogP contribution in [0.1, 0.15) is 18.4 Å². The van der Waals surface area contributed by atoms with Crippen LogP contribution in [-0.4, -0.2) is 19.4 Å². The third kappa shape index (κ3) is 4.06. The van der Waals surface area contributed by atoms with Gasteiger partial charge in [-0.1, -0.05) is 12.1 Å². The molecule has 1 aliphatic rings. The van der Waals surface area contributed by atoms with Crippen LogP contribution in [0.4, 0.5) is 5.69 Å². The van der Waals surface area contributed by atoms with Crippen molar-refractivity contribution >= 4 is 31.6 Å². The maximum absolute atomic E-state index is 12.1. The molecule has 1 aromatic heterocycles. The molecule has 0 bridgehead atoms.